The smallest absolute Gasteiger partial charge is 0.255 e. The van der Waals surface area contributed by atoms with Crippen LogP contribution in [0.5, 0.6) is 23.0 Å². The van der Waals surface area contributed by atoms with Gasteiger partial charge in [-0.05, 0) is 72.0 Å². The highest BCUT2D eigenvalue weighted by Gasteiger charge is 2.33. The second-order valence-corrected chi connectivity index (χ2v) is 10.3. The number of phenols is 1. The first-order valence-electron chi connectivity index (χ1n) is 13.8. The zero-order valence-corrected chi connectivity index (χ0v) is 22.3. The van der Waals surface area contributed by atoms with Crippen LogP contribution < -0.4 is 14.8 Å². The Kier molecular flexibility index (Phi) is 7.57. The molecule has 4 aliphatic heterocycles. The summed E-state index contributed by atoms with van der Waals surface area (Å²) in [4.78, 5) is 30.5. The predicted octanol–water partition coefficient (Wildman–Crippen LogP) is 3.50. The molecule has 9 nitrogen and oxygen atoms in total. The van der Waals surface area contributed by atoms with Gasteiger partial charge in [-0.2, -0.15) is 0 Å². The zero-order valence-electron chi connectivity index (χ0n) is 22.3. The molecule has 0 saturated carbocycles. The Balaban J connectivity index is 1.37. The minimum absolute atomic E-state index is 0.0960. The van der Waals surface area contributed by atoms with Crippen molar-refractivity contribution in [2.24, 2.45) is 0 Å². The lowest BCUT2D eigenvalue weighted by Gasteiger charge is -2.39. The largest absolute Gasteiger partial charge is 0.507 e. The minimum Gasteiger partial charge on any atom is -0.507 e. The highest BCUT2D eigenvalue weighted by atomic mass is 16.5. The molecule has 1 unspecified atom stereocenters. The number of amides is 2. The summed E-state index contributed by atoms with van der Waals surface area (Å²) in [7, 11) is 0. The van der Waals surface area contributed by atoms with Crippen molar-refractivity contribution in [3.8, 4) is 23.0 Å². The number of ether oxygens (including phenoxy) is 3. The van der Waals surface area contributed by atoms with E-state index in [1.54, 1.807) is 12.1 Å². The topological polar surface area (TPSA) is 101 Å². The first-order chi connectivity index (χ1) is 19.5. The van der Waals surface area contributed by atoms with Gasteiger partial charge in [-0.3, -0.25) is 14.5 Å². The van der Waals surface area contributed by atoms with Crippen LogP contribution in [0.25, 0.3) is 0 Å². The van der Waals surface area contributed by atoms with Gasteiger partial charge in [0.2, 0.25) is 5.91 Å². The number of nitrogens with zero attached hydrogens (tertiary/aromatic N) is 2. The van der Waals surface area contributed by atoms with Crippen LogP contribution in [0.2, 0.25) is 0 Å². The van der Waals surface area contributed by atoms with Gasteiger partial charge in [-0.25, -0.2) is 0 Å². The molecule has 7 rings (SSSR count). The van der Waals surface area contributed by atoms with Crippen LogP contribution >= 0.6 is 0 Å². The Hall–Kier alpha value is -4.08. The normalized spacial score (nSPS) is 19.6. The minimum atomic E-state index is -0.374. The maximum atomic E-state index is 13.7. The third kappa shape index (κ3) is 5.61. The van der Waals surface area contributed by atoms with Gasteiger partial charge in [-0.15, -0.1) is 0 Å². The number of nitrogens with one attached hydrogen (secondary N) is 1. The molecule has 0 aliphatic carbocycles. The third-order valence-corrected chi connectivity index (χ3v) is 7.62. The number of hydrogen-bond acceptors (Lipinski definition) is 7. The molecule has 8 bridgehead atoms. The second kappa shape index (κ2) is 11.6. The van der Waals surface area contributed by atoms with Crippen molar-refractivity contribution in [2.75, 3.05) is 52.5 Å². The van der Waals surface area contributed by atoms with Gasteiger partial charge in [0.25, 0.3) is 5.91 Å². The fourth-order valence-electron chi connectivity index (χ4n) is 5.57. The number of hydrogen-bond donors (Lipinski definition) is 2. The molecule has 4 heterocycles. The van der Waals surface area contributed by atoms with E-state index in [1.165, 1.54) is 6.07 Å². The molecule has 1 atom stereocenters. The maximum absolute atomic E-state index is 13.7. The van der Waals surface area contributed by atoms with Crippen LogP contribution in [-0.4, -0.2) is 79.3 Å². The van der Waals surface area contributed by atoms with E-state index in [2.05, 4.69) is 10.2 Å². The molecule has 1 saturated heterocycles. The molecule has 0 aromatic heterocycles. The van der Waals surface area contributed by atoms with Gasteiger partial charge in [-0.1, -0.05) is 18.2 Å². The Morgan fingerprint density at radius 2 is 1.77 bits per heavy atom. The average Bonchev–Trinajstić information content (AvgIpc) is 2.97. The molecule has 4 aliphatic rings. The number of aromatic hydroxyl groups is 1. The molecule has 2 N–H and O–H groups in total. The first kappa shape index (κ1) is 26.2. The molecule has 9 heteroatoms. The molecule has 208 valence electrons. The lowest BCUT2D eigenvalue weighted by molar-refractivity contribution is -0.135. The van der Waals surface area contributed by atoms with Crippen LogP contribution in [0.15, 0.2) is 60.7 Å². The average molecular weight is 544 g/mol. The standard InChI is InChI=1S/C31H33N3O6/c35-28-8-6-25-19-27(28)31(37)32-10-2-14-39-23-4-1-3-22(18-23)30-26-7-5-24(40-25)17-21(26)9-11-34(30)29(36)20-33-12-15-38-16-13-33/h1,3-8,17-19,30,35H,2,9-16,20H2,(H,32,37). The summed E-state index contributed by atoms with van der Waals surface area (Å²) in [6.45, 7) is 4.54. The molecule has 40 heavy (non-hydrogen) atoms. The van der Waals surface area contributed by atoms with E-state index >= 15 is 0 Å². The first-order valence-corrected chi connectivity index (χ1v) is 13.8. The van der Waals surface area contributed by atoms with E-state index in [4.69, 9.17) is 14.2 Å². The lowest BCUT2D eigenvalue weighted by Crippen LogP contribution is -2.48. The Labute approximate surface area is 233 Å². The van der Waals surface area contributed by atoms with Crippen LogP contribution in [0, 0.1) is 0 Å². The van der Waals surface area contributed by atoms with Crippen LogP contribution in [-0.2, 0) is 16.0 Å². The summed E-state index contributed by atoms with van der Waals surface area (Å²) in [6, 6.07) is 18.2. The van der Waals surface area contributed by atoms with Gasteiger partial charge < -0.3 is 29.5 Å². The number of rotatable bonds is 2. The SMILES string of the molecule is O=C1NCCCOc2cccc(c2)C2c3ccc(cc3CCN2C(=O)CN2CCOCC2)Oc2ccc(O)c1c2. The van der Waals surface area contributed by atoms with E-state index < -0.39 is 0 Å². The molecule has 3 aromatic rings. The highest BCUT2D eigenvalue weighted by molar-refractivity contribution is 5.97. The lowest BCUT2D eigenvalue weighted by atomic mass is 9.87. The van der Waals surface area contributed by atoms with Crippen molar-refractivity contribution in [2.45, 2.75) is 18.9 Å². The van der Waals surface area contributed by atoms with Gasteiger partial charge in [0.1, 0.15) is 23.0 Å². The molecule has 0 spiro atoms. The highest BCUT2D eigenvalue weighted by Crippen LogP contribution is 2.39. The van der Waals surface area contributed by atoms with Gasteiger partial charge >= 0.3 is 0 Å². The number of carbonyl (C=O) groups is 2. The van der Waals surface area contributed by atoms with E-state index in [0.717, 1.165) is 29.8 Å². The predicted molar refractivity (Wildman–Crippen MR) is 148 cm³/mol. The number of carbonyl (C=O) groups excluding carboxylic acids is 2. The van der Waals surface area contributed by atoms with E-state index in [9.17, 15) is 14.7 Å². The number of benzene rings is 3. The second-order valence-electron chi connectivity index (χ2n) is 10.3. The Morgan fingerprint density at radius 1 is 0.950 bits per heavy atom. The fourth-order valence-corrected chi connectivity index (χ4v) is 5.57. The fraction of sp³-hybridized carbons (Fsp3) is 0.355. The van der Waals surface area contributed by atoms with Gasteiger partial charge in [0, 0.05) is 26.2 Å². The number of morpholine rings is 1. The van der Waals surface area contributed by atoms with E-state index in [0.29, 0.717) is 69.5 Å². The summed E-state index contributed by atoms with van der Waals surface area (Å²) in [5, 5.41) is 13.1. The van der Waals surface area contributed by atoms with Crippen molar-refractivity contribution in [1.29, 1.82) is 0 Å². The summed E-state index contributed by atoms with van der Waals surface area (Å²) in [6.07, 6.45) is 1.28. The monoisotopic (exact) mass is 543 g/mol. The molecular formula is C31H33N3O6. The van der Waals surface area contributed by atoms with Gasteiger partial charge in [0.15, 0.2) is 0 Å². The summed E-state index contributed by atoms with van der Waals surface area (Å²) in [5.74, 6) is 1.40. The van der Waals surface area contributed by atoms with Crippen molar-refractivity contribution in [3.63, 3.8) is 0 Å². The van der Waals surface area contributed by atoms with Crippen LogP contribution in [0.3, 0.4) is 0 Å². The zero-order chi connectivity index (χ0) is 27.5. The molecular weight excluding hydrogens is 510 g/mol. The van der Waals surface area contributed by atoms with Crippen LogP contribution in [0.4, 0.5) is 0 Å². The summed E-state index contributed by atoms with van der Waals surface area (Å²) in [5.41, 5.74) is 3.29. The molecule has 3 aromatic carbocycles. The quantitative estimate of drug-likeness (QED) is 0.510. The summed E-state index contributed by atoms with van der Waals surface area (Å²) >= 11 is 0. The maximum Gasteiger partial charge on any atom is 0.255 e. The van der Waals surface area contributed by atoms with E-state index in [-0.39, 0.29) is 29.2 Å². The molecule has 0 radical (unpaired) electrons. The van der Waals surface area contributed by atoms with Gasteiger partial charge in [0.05, 0.1) is 38.0 Å². The molecule has 1 fully saturated rings. The van der Waals surface area contributed by atoms with Crippen molar-refractivity contribution < 1.29 is 28.9 Å². The summed E-state index contributed by atoms with van der Waals surface area (Å²) < 4.78 is 17.6. The molecule has 2 amide bonds. The van der Waals surface area contributed by atoms with Crippen LogP contribution in [0.1, 0.15) is 39.5 Å². The number of phenolic OH excluding ortho intramolecular Hbond substituents is 1. The number of fused-ring (bicyclic) bond motifs is 6. The Bertz CT molecular complexity index is 1400. The van der Waals surface area contributed by atoms with Crippen molar-refractivity contribution >= 4 is 11.8 Å². The van der Waals surface area contributed by atoms with E-state index in [1.807, 2.05) is 47.4 Å². The van der Waals surface area contributed by atoms with Crippen molar-refractivity contribution in [3.05, 3.63) is 82.9 Å². The third-order valence-electron chi connectivity index (χ3n) is 7.62. The Morgan fingerprint density at radius 3 is 2.65 bits per heavy atom. The van der Waals surface area contributed by atoms with Crippen molar-refractivity contribution in [1.82, 2.24) is 15.1 Å².